The molecule has 1 unspecified atom stereocenters. The number of carbonyl (C=O) groups is 1. The van der Waals surface area contributed by atoms with E-state index in [0.717, 1.165) is 21.1 Å². The van der Waals surface area contributed by atoms with Crippen molar-refractivity contribution in [1.82, 2.24) is 9.88 Å². The molecule has 2 aromatic rings. The molecule has 0 spiro atoms. The van der Waals surface area contributed by atoms with Gasteiger partial charge in [-0.15, -0.1) is 11.3 Å². The summed E-state index contributed by atoms with van der Waals surface area (Å²) in [5.74, 6) is 0.568. The first-order valence-corrected chi connectivity index (χ1v) is 9.15. The molecule has 128 valence electrons. The number of rotatable bonds is 5. The van der Waals surface area contributed by atoms with E-state index in [9.17, 15) is 4.79 Å². The first-order chi connectivity index (χ1) is 11.5. The Morgan fingerprint density at radius 1 is 1.33 bits per heavy atom. The average molecular weight is 344 g/mol. The summed E-state index contributed by atoms with van der Waals surface area (Å²) in [5, 5.41) is 1.02. The number of aryl methyl sites for hydroxylation is 2. The second-order valence-corrected chi connectivity index (χ2v) is 7.65. The summed E-state index contributed by atoms with van der Waals surface area (Å²) in [4.78, 5) is 20.2. The summed E-state index contributed by atoms with van der Waals surface area (Å²) < 4.78 is 5.16. The van der Waals surface area contributed by atoms with Crippen molar-refractivity contribution in [2.24, 2.45) is 5.92 Å². The Labute approximate surface area is 147 Å². The molecule has 1 aliphatic heterocycles. The number of hydrogen-bond donors (Lipinski definition) is 0. The van der Waals surface area contributed by atoms with Gasteiger partial charge in [-0.3, -0.25) is 4.79 Å². The molecular formula is C19H24N2O2S. The fraction of sp³-hybridized carbons (Fsp3) is 0.474. The number of carbonyl (C=O) groups excluding carboxylic acids is 1. The van der Waals surface area contributed by atoms with E-state index in [0.29, 0.717) is 25.6 Å². The lowest BCUT2D eigenvalue weighted by Gasteiger charge is -2.30. The Morgan fingerprint density at radius 2 is 2.00 bits per heavy atom. The van der Waals surface area contributed by atoms with E-state index in [1.54, 1.807) is 11.3 Å². The van der Waals surface area contributed by atoms with E-state index in [2.05, 4.69) is 38.1 Å². The summed E-state index contributed by atoms with van der Waals surface area (Å²) in [7, 11) is 1.89. The summed E-state index contributed by atoms with van der Waals surface area (Å²) in [6.45, 7) is 7.61. The Bertz CT molecular complexity index is 719. The number of thiazole rings is 1. The summed E-state index contributed by atoms with van der Waals surface area (Å²) in [6, 6.07) is 8.45. The molecular weight excluding hydrogens is 320 g/mol. The standard InChI is InChI=1S/C19H24N2O2S/c1-12-5-7-16(8-6-12)19-20-13(2)18(24-19)14(3)21(4)17(22)9-15-10-23-11-15/h5-8,14-15H,9-11H2,1-4H3. The first-order valence-electron chi connectivity index (χ1n) is 8.33. The van der Waals surface area contributed by atoms with Crippen LogP contribution in [0.25, 0.3) is 10.6 Å². The minimum atomic E-state index is 0.0372. The van der Waals surface area contributed by atoms with Gasteiger partial charge in [-0.1, -0.05) is 29.8 Å². The third-order valence-electron chi connectivity index (χ3n) is 4.66. The zero-order chi connectivity index (χ0) is 17.3. The van der Waals surface area contributed by atoms with Gasteiger partial charge in [-0.25, -0.2) is 4.98 Å². The Morgan fingerprint density at radius 3 is 2.58 bits per heavy atom. The van der Waals surface area contributed by atoms with Crippen LogP contribution in [-0.2, 0) is 9.53 Å². The van der Waals surface area contributed by atoms with Crippen LogP contribution in [-0.4, -0.2) is 36.1 Å². The van der Waals surface area contributed by atoms with Crippen LogP contribution < -0.4 is 0 Å². The van der Waals surface area contributed by atoms with Gasteiger partial charge < -0.3 is 9.64 Å². The van der Waals surface area contributed by atoms with Crippen LogP contribution in [0.3, 0.4) is 0 Å². The van der Waals surface area contributed by atoms with Crippen molar-refractivity contribution in [1.29, 1.82) is 0 Å². The van der Waals surface area contributed by atoms with E-state index in [-0.39, 0.29) is 11.9 Å². The molecule has 1 aromatic carbocycles. The van der Waals surface area contributed by atoms with Crippen molar-refractivity contribution in [3.8, 4) is 10.6 Å². The van der Waals surface area contributed by atoms with Crippen LogP contribution in [0.5, 0.6) is 0 Å². The van der Waals surface area contributed by atoms with Gasteiger partial charge in [0.1, 0.15) is 5.01 Å². The van der Waals surface area contributed by atoms with E-state index >= 15 is 0 Å². The van der Waals surface area contributed by atoms with E-state index in [4.69, 9.17) is 9.72 Å². The van der Waals surface area contributed by atoms with Gasteiger partial charge in [-0.2, -0.15) is 0 Å². The fourth-order valence-corrected chi connectivity index (χ4v) is 3.97. The molecule has 4 nitrogen and oxygen atoms in total. The highest BCUT2D eigenvalue weighted by Crippen LogP contribution is 2.34. The fourth-order valence-electron chi connectivity index (χ4n) is 2.80. The molecule has 0 radical (unpaired) electrons. The molecule has 0 bridgehead atoms. The molecule has 1 atom stereocenters. The number of hydrogen-bond acceptors (Lipinski definition) is 4. The highest BCUT2D eigenvalue weighted by atomic mass is 32.1. The number of amides is 1. The van der Waals surface area contributed by atoms with E-state index in [1.807, 2.05) is 18.9 Å². The van der Waals surface area contributed by atoms with Gasteiger partial charge in [-0.05, 0) is 20.8 Å². The predicted octanol–water partition coefficient (Wildman–Crippen LogP) is 3.98. The first kappa shape index (κ1) is 17.1. The van der Waals surface area contributed by atoms with Crippen molar-refractivity contribution in [3.63, 3.8) is 0 Å². The number of benzene rings is 1. The zero-order valence-corrected chi connectivity index (χ0v) is 15.5. The molecule has 0 aliphatic carbocycles. The van der Waals surface area contributed by atoms with E-state index in [1.165, 1.54) is 5.56 Å². The Kier molecular flexibility index (Phi) is 5.01. The molecule has 5 heteroatoms. The van der Waals surface area contributed by atoms with E-state index < -0.39 is 0 Å². The molecule has 2 heterocycles. The van der Waals surface area contributed by atoms with Gasteiger partial charge in [0.2, 0.25) is 5.91 Å². The topological polar surface area (TPSA) is 42.4 Å². The second kappa shape index (κ2) is 7.03. The summed E-state index contributed by atoms with van der Waals surface area (Å²) >= 11 is 1.68. The van der Waals surface area contributed by atoms with Gasteiger partial charge in [0, 0.05) is 24.9 Å². The van der Waals surface area contributed by atoms with Crippen LogP contribution in [0.4, 0.5) is 0 Å². The third-order valence-corrected chi connectivity index (χ3v) is 6.03. The number of nitrogens with zero attached hydrogens (tertiary/aromatic N) is 2. The summed E-state index contributed by atoms with van der Waals surface area (Å²) in [6.07, 6.45) is 0.573. The normalized spacial score (nSPS) is 15.8. The van der Waals surface area contributed by atoms with Gasteiger partial charge in [0.05, 0.1) is 29.8 Å². The third kappa shape index (κ3) is 3.52. The predicted molar refractivity (Wildman–Crippen MR) is 97.1 cm³/mol. The lowest BCUT2D eigenvalue weighted by atomic mass is 10.0. The van der Waals surface area contributed by atoms with Crippen LogP contribution in [0.15, 0.2) is 24.3 Å². The molecule has 0 N–H and O–H groups in total. The maximum absolute atomic E-state index is 12.4. The Hall–Kier alpha value is -1.72. The van der Waals surface area contributed by atoms with Crippen molar-refractivity contribution in [2.45, 2.75) is 33.2 Å². The number of ether oxygens (including phenoxy) is 1. The van der Waals surface area contributed by atoms with Crippen LogP contribution in [0.1, 0.15) is 35.5 Å². The highest BCUT2D eigenvalue weighted by molar-refractivity contribution is 7.15. The molecule has 1 saturated heterocycles. The molecule has 1 aromatic heterocycles. The minimum Gasteiger partial charge on any atom is -0.381 e. The van der Waals surface area contributed by atoms with Gasteiger partial charge in [0.25, 0.3) is 0 Å². The zero-order valence-electron chi connectivity index (χ0n) is 14.7. The molecule has 1 amide bonds. The quantitative estimate of drug-likeness (QED) is 0.824. The molecule has 0 saturated carbocycles. The Balaban J connectivity index is 1.75. The molecule has 3 rings (SSSR count). The van der Waals surface area contributed by atoms with Gasteiger partial charge >= 0.3 is 0 Å². The minimum absolute atomic E-state index is 0.0372. The smallest absolute Gasteiger partial charge is 0.223 e. The largest absolute Gasteiger partial charge is 0.381 e. The van der Waals surface area contributed by atoms with Crippen molar-refractivity contribution >= 4 is 17.2 Å². The monoisotopic (exact) mass is 344 g/mol. The highest BCUT2D eigenvalue weighted by Gasteiger charge is 2.27. The van der Waals surface area contributed by atoms with Crippen LogP contribution >= 0.6 is 11.3 Å². The van der Waals surface area contributed by atoms with Crippen LogP contribution in [0.2, 0.25) is 0 Å². The molecule has 24 heavy (non-hydrogen) atoms. The molecule has 1 fully saturated rings. The summed E-state index contributed by atoms with van der Waals surface area (Å²) in [5.41, 5.74) is 3.38. The SMILES string of the molecule is Cc1ccc(-c2nc(C)c(C(C)N(C)C(=O)CC3COC3)s2)cc1. The van der Waals surface area contributed by atoms with Gasteiger partial charge in [0.15, 0.2) is 0 Å². The maximum Gasteiger partial charge on any atom is 0.223 e. The second-order valence-electron chi connectivity index (χ2n) is 6.62. The average Bonchev–Trinajstić information content (AvgIpc) is 2.91. The van der Waals surface area contributed by atoms with Crippen molar-refractivity contribution in [2.75, 3.05) is 20.3 Å². The van der Waals surface area contributed by atoms with Crippen LogP contribution in [0, 0.1) is 19.8 Å². The maximum atomic E-state index is 12.4. The lowest BCUT2D eigenvalue weighted by molar-refractivity contribution is -0.137. The molecule has 1 aliphatic rings. The number of aromatic nitrogens is 1. The lowest BCUT2D eigenvalue weighted by Crippen LogP contribution is -2.36. The van der Waals surface area contributed by atoms with Crippen molar-refractivity contribution in [3.05, 3.63) is 40.4 Å². The van der Waals surface area contributed by atoms with Crippen molar-refractivity contribution < 1.29 is 9.53 Å².